The highest BCUT2D eigenvalue weighted by molar-refractivity contribution is 5.97. The number of benzene rings is 1. The molecule has 0 saturated heterocycles. The van der Waals surface area contributed by atoms with Crippen molar-refractivity contribution < 1.29 is 14.7 Å². The Balaban J connectivity index is 1.87. The van der Waals surface area contributed by atoms with Crippen LogP contribution in [0.1, 0.15) is 81.1 Å². The van der Waals surface area contributed by atoms with E-state index in [9.17, 15) is 14.7 Å². The molecule has 0 aromatic heterocycles. The number of nitrogens with two attached hydrogens (primary N) is 1. The first kappa shape index (κ1) is 22.6. The zero-order valence-corrected chi connectivity index (χ0v) is 17.5. The molecule has 1 fully saturated rings. The number of rotatable bonds is 11. The number of Topliss-reactive ketones (excluding diaryl/α,β-unsaturated/α-hetero) is 1. The van der Waals surface area contributed by atoms with Crippen LogP contribution in [-0.2, 0) is 11.2 Å². The zero-order valence-electron chi connectivity index (χ0n) is 17.5. The number of carboxylic acids is 1. The van der Waals surface area contributed by atoms with Crippen LogP contribution in [0.25, 0.3) is 0 Å². The summed E-state index contributed by atoms with van der Waals surface area (Å²) in [6.45, 7) is 4.95. The van der Waals surface area contributed by atoms with E-state index < -0.39 is 5.97 Å². The lowest BCUT2D eigenvalue weighted by atomic mass is 9.78. The molecule has 1 aromatic carbocycles. The summed E-state index contributed by atoms with van der Waals surface area (Å²) in [6, 6.07) is 7.98. The van der Waals surface area contributed by atoms with Crippen molar-refractivity contribution in [3.8, 4) is 0 Å². The standard InChI is InChI=1S/C24H37NO3/c1-3-4-5-22(24(27)28)15-17(2)14-18-6-10-20(11-7-18)23(26)21-12-8-19(16-25)9-13-21/h6-7,10-11,17,19,21-22H,3-5,8-9,12-16,25H2,1-2H3,(H,27,28). The van der Waals surface area contributed by atoms with Gasteiger partial charge in [0.25, 0.3) is 0 Å². The molecule has 1 aliphatic rings. The van der Waals surface area contributed by atoms with Gasteiger partial charge in [-0.05, 0) is 68.9 Å². The van der Waals surface area contributed by atoms with E-state index >= 15 is 0 Å². The van der Waals surface area contributed by atoms with Gasteiger partial charge in [-0.3, -0.25) is 9.59 Å². The predicted molar refractivity (Wildman–Crippen MR) is 113 cm³/mol. The Kier molecular flexibility index (Phi) is 9.17. The minimum absolute atomic E-state index is 0.141. The summed E-state index contributed by atoms with van der Waals surface area (Å²) in [5.41, 5.74) is 7.73. The molecule has 2 atom stereocenters. The first-order valence-electron chi connectivity index (χ1n) is 11.0. The van der Waals surface area contributed by atoms with Crippen molar-refractivity contribution >= 4 is 11.8 Å². The Morgan fingerprint density at radius 3 is 2.32 bits per heavy atom. The van der Waals surface area contributed by atoms with Crippen molar-refractivity contribution in [3.05, 3.63) is 35.4 Å². The van der Waals surface area contributed by atoms with Gasteiger partial charge in [0.1, 0.15) is 0 Å². The van der Waals surface area contributed by atoms with E-state index in [2.05, 4.69) is 13.8 Å². The zero-order chi connectivity index (χ0) is 20.5. The largest absolute Gasteiger partial charge is 0.481 e. The van der Waals surface area contributed by atoms with Crippen LogP contribution in [0.2, 0.25) is 0 Å². The van der Waals surface area contributed by atoms with Crippen molar-refractivity contribution in [1.29, 1.82) is 0 Å². The molecule has 1 aliphatic carbocycles. The molecular formula is C24H37NO3. The number of carbonyl (C=O) groups excluding carboxylic acids is 1. The SMILES string of the molecule is CCCCC(CC(C)Cc1ccc(C(=O)C2CCC(CN)CC2)cc1)C(=O)O. The molecule has 1 saturated carbocycles. The summed E-state index contributed by atoms with van der Waals surface area (Å²) in [4.78, 5) is 24.2. The Morgan fingerprint density at radius 2 is 1.79 bits per heavy atom. The number of aliphatic carboxylic acids is 1. The van der Waals surface area contributed by atoms with Crippen LogP contribution in [0, 0.1) is 23.7 Å². The van der Waals surface area contributed by atoms with Crippen LogP contribution in [0.5, 0.6) is 0 Å². The molecule has 4 nitrogen and oxygen atoms in total. The molecule has 0 radical (unpaired) electrons. The van der Waals surface area contributed by atoms with E-state index in [0.717, 1.165) is 63.5 Å². The lowest BCUT2D eigenvalue weighted by Gasteiger charge is -2.26. The Hall–Kier alpha value is -1.68. The molecule has 2 unspecified atom stereocenters. The summed E-state index contributed by atoms with van der Waals surface area (Å²) < 4.78 is 0. The molecule has 0 aliphatic heterocycles. The number of hydrogen-bond donors (Lipinski definition) is 2. The summed E-state index contributed by atoms with van der Waals surface area (Å²) in [7, 11) is 0. The van der Waals surface area contributed by atoms with Crippen LogP contribution < -0.4 is 5.73 Å². The molecule has 1 aromatic rings. The second-order valence-electron chi connectivity index (χ2n) is 8.74. The van der Waals surface area contributed by atoms with Crippen molar-refractivity contribution in [2.45, 2.75) is 71.6 Å². The fourth-order valence-corrected chi connectivity index (χ4v) is 4.47. The highest BCUT2D eigenvalue weighted by Gasteiger charge is 2.26. The van der Waals surface area contributed by atoms with Crippen molar-refractivity contribution in [3.63, 3.8) is 0 Å². The summed E-state index contributed by atoms with van der Waals surface area (Å²) in [6.07, 6.45) is 8.34. The summed E-state index contributed by atoms with van der Waals surface area (Å²) >= 11 is 0. The Morgan fingerprint density at radius 1 is 1.14 bits per heavy atom. The van der Waals surface area contributed by atoms with E-state index in [0.29, 0.717) is 18.3 Å². The van der Waals surface area contributed by atoms with E-state index in [1.165, 1.54) is 5.56 Å². The molecule has 0 bridgehead atoms. The number of carboxylic acid groups (broad SMARTS) is 1. The number of unbranched alkanes of at least 4 members (excludes halogenated alkanes) is 1. The number of hydrogen-bond acceptors (Lipinski definition) is 3. The van der Waals surface area contributed by atoms with E-state index in [1.54, 1.807) is 0 Å². The summed E-state index contributed by atoms with van der Waals surface area (Å²) in [5, 5.41) is 9.42. The third-order valence-corrected chi connectivity index (χ3v) is 6.32. The molecule has 3 N–H and O–H groups in total. The molecule has 0 heterocycles. The summed E-state index contributed by atoms with van der Waals surface area (Å²) in [5.74, 6) is 0.374. The second-order valence-corrected chi connectivity index (χ2v) is 8.74. The number of ketones is 1. The topological polar surface area (TPSA) is 80.4 Å². The van der Waals surface area contributed by atoms with Crippen LogP contribution in [0.15, 0.2) is 24.3 Å². The smallest absolute Gasteiger partial charge is 0.306 e. The van der Waals surface area contributed by atoms with Crippen LogP contribution in [0.3, 0.4) is 0 Å². The molecule has 28 heavy (non-hydrogen) atoms. The van der Waals surface area contributed by atoms with Crippen molar-refractivity contribution in [2.75, 3.05) is 6.54 Å². The first-order valence-corrected chi connectivity index (χ1v) is 11.0. The number of carbonyl (C=O) groups is 2. The van der Waals surface area contributed by atoms with Gasteiger partial charge in [0.2, 0.25) is 0 Å². The van der Waals surface area contributed by atoms with E-state index in [4.69, 9.17) is 5.73 Å². The van der Waals surface area contributed by atoms with E-state index in [-0.39, 0.29) is 17.6 Å². The fourth-order valence-electron chi connectivity index (χ4n) is 4.47. The third kappa shape index (κ3) is 6.73. The monoisotopic (exact) mass is 387 g/mol. The highest BCUT2D eigenvalue weighted by atomic mass is 16.4. The van der Waals surface area contributed by atoms with Gasteiger partial charge in [0.05, 0.1) is 5.92 Å². The molecule has 2 rings (SSSR count). The van der Waals surface area contributed by atoms with Gasteiger partial charge < -0.3 is 10.8 Å². The van der Waals surface area contributed by atoms with Crippen molar-refractivity contribution in [2.24, 2.45) is 29.4 Å². The quantitative estimate of drug-likeness (QED) is 0.518. The van der Waals surface area contributed by atoms with Gasteiger partial charge in [-0.15, -0.1) is 0 Å². The molecular weight excluding hydrogens is 350 g/mol. The second kappa shape index (κ2) is 11.4. The fraction of sp³-hybridized carbons (Fsp3) is 0.667. The predicted octanol–water partition coefficient (Wildman–Crippen LogP) is 5.09. The Bertz CT molecular complexity index is 617. The maximum absolute atomic E-state index is 12.8. The lowest BCUT2D eigenvalue weighted by molar-refractivity contribution is -0.142. The lowest BCUT2D eigenvalue weighted by Crippen LogP contribution is -2.25. The Labute approximate surface area is 169 Å². The van der Waals surface area contributed by atoms with Crippen LogP contribution in [0.4, 0.5) is 0 Å². The van der Waals surface area contributed by atoms with Crippen molar-refractivity contribution in [1.82, 2.24) is 0 Å². The van der Waals surface area contributed by atoms with Gasteiger partial charge in [0.15, 0.2) is 5.78 Å². The maximum atomic E-state index is 12.8. The minimum Gasteiger partial charge on any atom is -0.481 e. The molecule has 0 amide bonds. The molecule has 4 heteroatoms. The molecule has 156 valence electrons. The minimum atomic E-state index is -0.675. The van der Waals surface area contributed by atoms with Gasteiger partial charge in [-0.25, -0.2) is 0 Å². The van der Waals surface area contributed by atoms with Crippen LogP contribution >= 0.6 is 0 Å². The first-order chi connectivity index (χ1) is 13.4. The maximum Gasteiger partial charge on any atom is 0.306 e. The van der Waals surface area contributed by atoms with Crippen LogP contribution in [-0.4, -0.2) is 23.4 Å². The molecule has 0 spiro atoms. The van der Waals surface area contributed by atoms with Gasteiger partial charge in [-0.2, -0.15) is 0 Å². The van der Waals surface area contributed by atoms with E-state index in [1.807, 2.05) is 24.3 Å². The van der Waals surface area contributed by atoms with Gasteiger partial charge >= 0.3 is 5.97 Å². The highest BCUT2D eigenvalue weighted by Crippen LogP contribution is 2.30. The van der Waals surface area contributed by atoms with Gasteiger partial charge in [-0.1, -0.05) is 51.0 Å². The van der Waals surface area contributed by atoms with Gasteiger partial charge in [0, 0.05) is 11.5 Å². The average molecular weight is 388 g/mol. The third-order valence-electron chi connectivity index (χ3n) is 6.32. The average Bonchev–Trinajstić information content (AvgIpc) is 2.71. The normalized spacial score (nSPS) is 21.8.